The van der Waals surface area contributed by atoms with Crippen molar-refractivity contribution < 1.29 is 23.5 Å². The molecule has 2 aromatic rings. The standard InChI is InChI=1S/C18H16FNO4/c1-2-9-20-15(11-6-3-4-7-12(11)19)14(17(22)18(20)23)16(21)13-8-5-10-24-13/h3-8,10,15,22H,2,9H2,1H3. The number of carbonyl (C=O) groups excluding carboxylic acids is 2. The number of Topliss-reactive ketones (excluding diaryl/α,β-unsaturated/α-hetero) is 1. The number of hydrogen-bond acceptors (Lipinski definition) is 4. The van der Waals surface area contributed by atoms with Gasteiger partial charge in [0, 0.05) is 12.1 Å². The molecular weight excluding hydrogens is 313 g/mol. The Balaban J connectivity index is 2.14. The number of aliphatic hydroxyl groups is 1. The van der Waals surface area contributed by atoms with Crippen molar-refractivity contribution in [3.8, 4) is 0 Å². The molecule has 0 saturated carbocycles. The SMILES string of the molecule is CCCN1C(=O)C(O)=C(C(=O)c2ccco2)C1c1ccccc1F. The van der Waals surface area contributed by atoms with Crippen molar-refractivity contribution in [3.05, 3.63) is 71.1 Å². The third-order valence-electron chi connectivity index (χ3n) is 3.96. The predicted molar refractivity (Wildman–Crippen MR) is 83.8 cm³/mol. The Hall–Kier alpha value is -2.89. The summed E-state index contributed by atoms with van der Waals surface area (Å²) in [7, 11) is 0. The molecule has 1 aliphatic rings. The largest absolute Gasteiger partial charge is 0.503 e. The Labute approximate surface area is 138 Å². The topological polar surface area (TPSA) is 70.8 Å². The van der Waals surface area contributed by atoms with E-state index >= 15 is 0 Å². The molecule has 6 heteroatoms. The summed E-state index contributed by atoms with van der Waals surface area (Å²) in [6.07, 6.45) is 1.93. The number of amides is 1. The minimum absolute atomic E-state index is 0.0102. The van der Waals surface area contributed by atoms with Gasteiger partial charge in [-0.2, -0.15) is 0 Å². The van der Waals surface area contributed by atoms with Gasteiger partial charge in [0.2, 0.25) is 5.78 Å². The van der Waals surface area contributed by atoms with Crippen LogP contribution in [-0.2, 0) is 4.79 Å². The lowest BCUT2D eigenvalue weighted by Gasteiger charge is -2.26. The van der Waals surface area contributed by atoms with E-state index in [1.807, 2.05) is 6.92 Å². The summed E-state index contributed by atoms with van der Waals surface area (Å²) in [5.41, 5.74) is 0.00626. The maximum Gasteiger partial charge on any atom is 0.290 e. The highest BCUT2D eigenvalue weighted by Gasteiger charge is 2.44. The Kier molecular flexibility index (Phi) is 4.20. The first-order valence-electron chi connectivity index (χ1n) is 7.63. The molecule has 1 aliphatic heterocycles. The van der Waals surface area contributed by atoms with E-state index in [-0.39, 0.29) is 23.4 Å². The molecule has 1 unspecified atom stereocenters. The summed E-state index contributed by atoms with van der Waals surface area (Å²) in [6.45, 7) is 2.14. The van der Waals surface area contributed by atoms with Crippen LogP contribution in [0.25, 0.3) is 0 Å². The van der Waals surface area contributed by atoms with Crippen molar-refractivity contribution in [2.75, 3.05) is 6.54 Å². The summed E-state index contributed by atoms with van der Waals surface area (Å²) >= 11 is 0. The van der Waals surface area contributed by atoms with Crippen LogP contribution in [0.3, 0.4) is 0 Å². The molecule has 2 heterocycles. The first kappa shape index (κ1) is 16.0. The molecule has 3 rings (SSSR count). The van der Waals surface area contributed by atoms with E-state index in [1.54, 1.807) is 6.07 Å². The first-order chi connectivity index (χ1) is 11.6. The third kappa shape index (κ3) is 2.50. The summed E-state index contributed by atoms with van der Waals surface area (Å²) < 4.78 is 19.4. The van der Waals surface area contributed by atoms with E-state index in [0.717, 1.165) is 0 Å². The van der Waals surface area contributed by atoms with Crippen LogP contribution in [0.2, 0.25) is 0 Å². The van der Waals surface area contributed by atoms with Gasteiger partial charge >= 0.3 is 0 Å². The van der Waals surface area contributed by atoms with Gasteiger partial charge in [0.25, 0.3) is 5.91 Å². The summed E-state index contributed by atoms with van der Waals surface area (Å²) in [5.74, 6) is -2.52. The van der Waals surface area contributed by atoms with Crippen LogP contribution < -0.4 is 0 Å². The second-order valence-corrected chi connectivity index (χ2v) is 5.49. The molecule has 0 bridgehead atoms. The quantitative estimate of drug-likeness (QED) is 0.854. The molecular formula is C18H16FNO4. The van der Waals surface area contributed by atoms with Gasteiger partial charge in [-0.15, -0.1) is 0 Å². The zero-order chi connectivity index (χ0) is 17.3. The minimum Gasteiger partial charge on any atom is -0.503 e. The number of aliphatic hydroxyl groups excluding tert-OH is 1. The number of furan rings is 1. The van der Waals surface area contributed by atoms with Crippen molar-refractivity contribution >= 4 is 11.7 Å². The van der Waals surface area contributed by atoms with E-state index in [0.29, 0.717) is 6.42 Å². The van der Waals surface area contributed by atoms with E-state index in [4.69, 9.17) is 4.42 Å². The van der Waals surface area contributed by atoms with E-state index in [2.05, 4.69) is 0 Å². The molecule has 124 valence electrons. The van der Waals surface area contributed by atoms with Crippen LogP contribution in [0.4, 0.5) is 4.39 Å². The number of carbonyl (C=O) groups is 2. The minimum atomic E-state index is -0.976. The maximum atomic E-state index is 14.3. The summed E-state index contributed by atoms with van der Waals surface area (Å²) in [5, 5.41) is 10.2. The Morgan fingerprint density at radius 1 is 1.29 bits per heavy atom. The van der Waals surface area contributed by atoms with E-state index < -0.39 is 29.3 Å². The summed E-state index contributed by atoms with van der Waals surface area (Å²) in [4.78, 5) is 26.4. The Morgan fingerprint density at radius 3 is 2.67 bits per heavy atom. The zero-order valence-corrected chi connectivity index (χ0v) is 13.0. The monoisotopic (exact) mass is 329 g/mol. The molecule has 1 aromatic heterocycles. The Morgan fingerprint density at radius 2 is 2.04 bits per heavy atom. The van der Waals surface area contributed by atoms with Crippen molar-refractivity contribution in [1.29, 1.82) is 0 Å². The van der Waals surface area contributed by atoms with Crippen LogP contribution in [0, 0.1) is 5.82 Å². The van der Waals surface area contributed by atoms with Crippen molar-refractivity contribution in [1.82, 2.24) is 4.90 Å². The lowest BCUT2D eigenvalue weighted by atomic mass is 9.94. The fourth-order valence-electron chi connectivity index (χ4n) is 2.92. The van der Waals surface area contributed by atoms with Crippen LogP contribution in [-0.4, -0.2) is 28.2 Å². The second kappa shape index (κ2) is 6.31. The summed E-state index contributed by atoms with van der Waals surface area (Å²) in [6, 6.07) is 7.90. The average Bonchev–Trinajstić information content (AvgIpc) is 3.18. The molecule has 5 nitrogen and oxygen atoms in total. The number of hydrogen-bond donors (Lipinski definition) is 1. The van der Waals surface area contributed by atoms with Crippen LogP contribution in [0.5, 0.6) is 0 Å². The van der Waals surface area contributed by atoms with E-state index in [1.165, 1.54) is 41.5 Å². The van der Waals surface area contributed by atoms with Gasteiger partial charge in [0.05, 0.1) is 17.9 Å². The molecule has 1 atom stereocenters. The fraction of sp³-hybridized carbons (Fsp3) is 0.222. The van der Waals surface area contributed by atoms with Crippen molar-refractivity contribution in [2.24, 2.45) is 0 Å². The normalized spacial score (nSPS) is 17.7. The molecule has 1 amide bonds. The van der Waals surface area contributed by atoms with Gasteiger partial charge < -0.3 is 14.4 Å². The predicted octanol–water partition coefficient (Wildman–Crippen LogP) is 3.41. The van der Waals surface area contributed by atoms with Crippen LogP contribution in [0.15, 0.2) is 58.4 Å². The third-order valence-corrected chi connectivity index (χ3v) is 3.96. The lowest BCUT2D eigenvalue weighted by Crippen LogP contribution is -2.32. The molecule has 0 radical (unpaired) electrons. The number of ketones is 1. The molecule has 1 aromatic carbocycles. The highest BCUT2D eigenvalue weighted by Crippen LogP contribution is 2.39. The van der Waals surface area contributed by atoms with Gasteiger partial charge in [-0.1, -0.05) is 25.1 Å². The zero-order valence-electron chi connectivity index (χ0n) is 13.0. The fourth-order valence-corrected chi connectivity index (χ4v) is 2.92. The lowest BCUT2D eigenvalue weighted by molar-refractivity contribution is -0.129. The van der Waals surface area contributed by atoms with Gasteiger partial charge in [-0.3, -0.25) is 9.59 Å². The van der Waals surface area contributed by atoms with Crippen LogP contribution >= 0.6 is 0 Å². The molecule has 0 aliphatic carbocycles. The average molecular weight is 329 g/mol. The molecule has 0 fully saturated rings. The van der Waals surface area contributed by atoms with Gasteiger partial charge in [0.1, 0.15) is 5.82 Å². The number of nitrogens with zero attached hydrogens (tertiary/aromatic N) is 1. The van der Waals surface area contributed by atoms with Crippen molar-refractivity contribution in [3.63, 3.8) is 0 Å². The molecule has 1 N–H and O–H groups in total. The molecule has 0 spiro atoms. The van der Waals surface area contributed by atoms with E-state index in [9.17, 15) is 19.1 Å². The smallest absolute Gasteiger partial charge is 0.290 e. The highest BCUT2D eigenvalue weighted by molar-refractivity contribution is 6.15. The van der Waals surface area contributed by atoms with Crippen molar-refractivity contribution in [2.45, 2.75) is 19.4 Å². The highest BCUT2D eigenvalue weighted by atomic mass is 19.1. The number of halogens is 1. The second-order valence-electron chi connectivity index (χ2n) is 5.49. The first-order valence-corrected chi connectivity index (χ1v) is 7.63. The Bertz CT molecular complexity index is 810. The number of rotatable bonds is 5. The molecule has 0 saturated heterocycles. The van der Waals surface area contributed by atoms with Gasteiger partial charge in [0.15, 0.2) is 11.5 Å². The number of benzene rings is 1. The van der Waals surface area contributed by atoms with Crippen LogP contribution in [0.1, 0.15) is 35.5 Å². The molecule has 24 heavy (non-hydrogen) atoms. The maximum absolute atomic E-state index is 14.3. The van der Waals surface area contributed by atoms with Gasteiger partial charge in [-0.05, 0) is 24.6 Å². The van der Waals surface area contributed by atoms with Gasteiger partial charge in [-0.25, -0.2) is 4.39 Å².